The molecule has 3 amide bonds. The molecule has 18 rings (SSSR count). The van der Waals surface area contributed by atoms with E-state index in [0.29, 0.717) is 131 Å². The lowest BCUT2D eigenvalue weighted by Crippen LogP contribution is -2.57. The minimum absolute atomic E-state index is 0.0284. The number of nitrogen functional groups attached to an aromatic ring is 4. The summed E-state index contributed by atoms with van der Waals surface area (Å²) in [6, 6.07) is 43.4. The Kier molecular flexibility index (Phi) is 23.9. The largest absolute Gasteiger partial charge is 0.397 e. The summed E-state index contributed by atoms with van der Waals surface area (Å²) in [5.74, 6) is 0.842. The Morgan fingerprint density at radius 1 is 0.440 bits per heavy atom. The van der Waals surface area contributed by atoms with E-state index in [0.717, 1.165) is 134 Å². The molecule has 7 aliphatic rings. The van der Waals surface area contributed by atoms with Gasteiger partial charge in [-0.05, 0) is 219 Å². The van der Waals surface area contributed by atoms with Crippen LogP contribution in [0.5, 0.6) is 0 Å². The molecule has 0 spiro atoms. The van der Waals surface area contributed by atoms with Crippen molar-refractivity contribution in [3.8, 4) is 45.0 Å². The SMILES string of the molecule is CN1CC(N2CC3CN(C(=O)Cc4nc(-c5ccc(F)cc5)ccc4N)CC3C2)C1.CN1CCc2sc(C(=O)Cc3nc(-c4ccc(F)cc4)ccc3N)nc2C1.Cc1cc2c(cn1)CN(C(=O)Cc1nc(-c3ccc(F)cc3)ccc1N)C2.Nc1ccc(-c2ccc(F)cc2)nc1CC(=O)N1Cc2cnc(N3CCOCC3)cc2C1. The molecule has 0 radical (unpaired) electrons. The standard InChI is InChI=1S/C24H24FN5O2.C23H28FN5O.C21H19FN4O.C20H19FN4OS/c25-19-3-1-16(2-4-19)21-6-5-20(26)22(28-21)12-24(31)30-14-17-11-23(27-13-18(17)15-30)29-7-9-32-10-8-29;1-27-13-19(14-27)28-9-16-11-29(12-17(16)10-28)23(30)8-22-20(25)6-7-21(26-22)15-2-4-18(24)5-3-15;1-13-8-15-11-26(12-16(15)10-24-13)21(27)9-20-18(23)6-7-19(25-20)14-2-4-17(22)5-3-14;1-25-9-8-19-17(11-25)24-20(27-19)18(26)10-16-14(22)6-7-15(23-16)12-2-4-13(21)5-3-12/h1-6,11,13H,7-10,12,14-15,26H2;2-7,16-17,19H,8-14,25H2,1H3;2-8,10H,9,11-12,23H2,1H3;2-7H,8-11,22H2,1H3. The molecule has 23 nitrogen and oxygen atoms in total. The smallest absolute Gasteiger partial charge is 0.229 e. The van der Waals surface area contributed by atoms with Gasteiger partial charge < -0.3 is 57.1 Å². The van der Waals surface area contributed by atoms with Crippen LogP contribution >= 0.6 is 11.3 Å². The number of fused-ring (bicyclic) bond motifs is 4. The Morgan fingerprint density at radius 2 is 0.836 bits per heavy atom. The molecule has 4 saturated heterocycles. The number of halogens is 4. The third-order valence-electron chi connectivity index (χ3n) is 22.2. The first-order chi connectivity index (χ1) is 56.0. The Labute approximate surface area is 674 Å². The van der Waals surface area contributed by atoms with Gasteiger partial charge in [-0.25, -0.2) is 27.5 Å². The number of morpholine rings is 1. The molecule has 0 saturated carbocycles. The van der Waals surface area contributed by atoms with Crippen LogP contribution in [0.2, 0.25) is 0 Å². The summed E-state index contributed by atoms with van der Waals surface area (Å²) in [5.41, 5.74) is 40.6. The van der Waals surface area contributed by atoms with Gasteiger partial charge in [-0.2, -0.15) is 0 Å². The number of amides is 3. The molecule has 8 N–H and O–H groups in total. The number of rotatable bonds is 15. The maximum atomic E-state index is 13.2. The van der Waals surface area contributed by atoms with Crippen molar-refractivity contribution in [2.75, 3.05) is 114 Å². The van der Waals surface area contributed by atoms with Crippen molar-refractivity contribution in [1.29, 1.82) is 0 Å². The maximum absolute atomic E-state index is 13.2. The second-order valence-electron chi connectivity index (χ2n) is 30.6. The van der Waals surface area contributed by atoms with Crippen molar-refractivity contribution in [3.05, 3.63) is 260 Å². The number of carbonyl (C=O) groups excluding carboxylic acids is 4. The third kappa shape index (κ3) is 18.9. The van der Waals surface area contributed by atoms with Gasteiger partial charge in [0.25, 0.3) is 0 Å². The zero-order chi connectivity index (χ0) is 80.8. The van der Waals surface area contributed by atoms with E-state index >= 15 is 0 Å². The number of ether oxygens (including phenoxy) is 1. The summed E-state index contributed by atoms with van der Waals surface area (Å²) in [5, 5.41) is 0.517. The first-order valence-corrected chi connectivity index (χ1v) is 39.6. The molecule has 4 fully saturated rings. The molecule has 11 aromatic rings. The number of aromatic nitrogens is 7. The molecule has 2 unspecified atom stereocenters. The molecule has 14 heterocycles. The van der Waals surface area contributed by atoms with Crippen molar-refractivity contribution in [1.82, 2.24) is 64.3 Å². The number of hydrogen-bond donors (Lipinski definition) is 4. The number of carbonyl (C=O) groups is 4. The van der Waals surface area contributed by atoms with Crippen molar-refractivity contribution in [2.24, 2.45) is 11.8 Å². The van der Waals surface area contributed by atoms with Gasteiger partial charge in [-0.15, -0.1) is 11.3 Å². The summed E-state index contributed by atoms with van der Waals surface area (Å²) < 4.78 is 58.1. The monoisotopic (exact) mass is 1590 g/mol. The summed E-state index contributed by atoms with van der Waals surface area (Å²) in [6.45, 7) is 15.2. The lowest BCUT2D eigenvalue weighted by molar-refractivity contribution is -0.131. The lowest BCUT2D eigenvalue weighted by Gasteiger charge is -2.42. The van der Waals surface area contributed by atoms with Crippen molar-refractivity contribution >= 4 is 63.4 Å². The van der Waals surface area contributed by atoms with Crippen molar-refractivity contribution in [2.45, 2.75) is 77.8 Å². The maximum Gasteiger partial charge on any atom is 0.229 e. The van der Waals surface area contributed by atoms with E-state index in [-0.39, 0.29) is 72.5 Å². The number of hydrogen-bond acceptors (Lipinski definition) is 21. The van der Waals surface area contributed by atoms with E-state index in [1.54, 1.807) is 101 Å². The zero-order valence-electron chi connectivity index (χ0n) is 64.8. The lowest BCUT2D eigenvalue weighted by atomic mass is 10.0. The summed E-state index contributed by atoms with van der Waals surface area (Å²) in [6.07, 6.45) is 5.17. The van der Waals surface area contributed by atoms with E-state index in [9.17, 15) is 36.7 Å². The first kappa shape index (κ1) is 79.3. The van der Waals surface area contributed by atoms with E-state index in [4.69, 9.17) is 27.7 Å². The molecular weight excluding hydrogens is 1500 g/mol. The van der Waals surface area contributed by atoms with Crippen LogP contribution < -0.4 is 27.8 Å². The fourth-order valence-corrected chi connectivity index (χ4v) is 16.6. The average Bonchev–Trinajstić information content (AvgIpc) is 1.63. The normalized spacial score (nSPS) is 17.0. The molecule has 116 heavy (non-hydrogen) atoms. The van der Waals surface area contributed by atoms with Crippen LogP contribution in [0.15, 0.2) is 170 Å². The van der Waals surface area contributed by atoms with Crippen molar-refractivity contribution in [3.63, 3.8) is 0 Å². The summed E-state index contributed by atoms with van der Waals surface area (Å²) in [7, 11) is 4.22. The number of Topliss-reactive ketones (excluding diaryl/α,β-unsaturated/α-hetero) is 1. The Hall–Kier alpha value is -12.0. The van der Waals surface area contributed by atoms with Gasteiger partial charge in [0.05, 0.1) is 113 Å². The highest BCUT2D eigenvalue weighted by Crippen LogP contribution is 2.36. The highest BCUT2D eigenvalue weighted by Gasteiger charge is 2.45. The number of nitrogens with two attached hydrogens (primary N) is 4. The number of benzene rings is 4. The predicted octanol–water partition coefficient (Wildman–Crippen LogP) is 11.1. The zero-order valence-corrected chi connectivity index (χ0v) is 65.6. The number of ketones is 1. The molecule has 0 bridgehead atoms. The van der Waals surface area contributed by atoms with Gasteiger partial charge in [0.15, 0.2) is 10.8 Å². The van der Waals surface area contributed by atoms with Crippen LogP contribution in [-0.4, -0.2) is 180 Å². The first-order valence-electron chi connectivity index (χ1n) is 38.8. The number of likely N-dealkylation sites (tertiary alicyclic amines) is 3. The van der Waals surface area contributed by atoms with Gasteiger partial charge in [0, 0.05) is 143 Å². The van der Waals surface area contributed by atoms with Gasteiger partial charge in [0.1, 0.15) is 29.1 Å². The van der Waals surface area contributed by atoms with Crippen LogP contribution in [-0.2, 0) is 83.9 Å². The Balaban J connectivity index is 0.000000122. The highest BCUT2D eigenvalue weighted by molar-refractivity contribution is 7.13. The molecule has 28 heteroatoms. The van der Waals surface area contributed by atoms with Crippen LogP contribution in [0.1, 0.15) is 71.1 Å². The number of nitrogens with zero attached hydrogens (tertiary/aromatic N) is 14. The molecule has 4 aromatic carbocycles. The molecule has 7 aromatic heterocycles. The van der Waals surface area contributed by atoms with Crippen molar-refractivity contribution < 1.29 is 41.5 Å². The minimum Gasteiger partial charge on any atom is -0.397 e. The highest BCUT2D eigenvalue weighted by atomic mass is 32.1. The summed E-state index contributed by atoms with van der Waals surface area (Å²) in [4.78, 5) is 99.4. The topological polar surface area (TPSA) is 294 Å². The van der Waals surface area contributed by atoms with Gasteiger partial charge in [-0.1, -0.05) is 0 Å². The molecule has 0 aliphatic carbocycles. The predicted molar refractivity (Wildman–Crippen MR) is 439 cm³/mol. The number of pyridine rings is 6. The molecular formula is C88H90F4N18O5S. The van der Waals surface area contributed by atoms with Crippen LogP contribution in [0, 0.1) is 42.0 Å². The Bertz CT molecular complexity index is 5430. The minimum atomic E-state index is -0.306. The van der Waals surface area contributed by atoms with Gasteiger partial charge in [-0.3, -0.25) is 49.0 Å². The summed E-state index contributed by atoms with van der Waals surface area (Å²) >= 11 is 1.48. The fourth-order valence-electron chi connectivity index (χ4n) is 15.6. The molecule has 7 aliphatic heterocycles. The van der Waals surface area contributed by atoms with E-state index in [1.165, 1.54) is 64.7 Å². The number of likely N-dealkylation sites (N-methyl/N-ethyl adjacent to an activating group) is 2. The van der Waals surface area contributed by atoms with E-state index in [1.807, 2.05) is 36.4 Å². The second kappa shape index (κ2) is 35.0. The molecule has 2 atom stereocenters. The quantitative estimate of drug-likeness (QED) is 0.0548. The van der Waals surface area contributed by atoms with E-state index in [2.05, 4.69) is 74.6 Å². The van der Waals surface area contributed by atoms with Crippen LogP contribution in [0.25, 0.3) is 45.0 Å². The Morgan fingerprint density at radius 3 is 1.27 bits per heavy atom. The average molecular weight is 1590 g/mol. The van der Waals surface area contributed by atoms with Crippen LogP contribution in [0.3, 0.4) is 0 Å². The number of aryl methyl sites for hydroxylation is 1. The fraction of sp³-hybridized carbons (Fsp3) is 0.307. The van der Waals surface area contributed by atoms with Gasteiger partial charge in [0.2, 0.25) is 17.7 Å². The number of anilines is 5. The van der Waals surface area contributed by atoms with E-state index < -0.39 is 0 Å². The molecule has 596 valence electrons. The second-order valence-corrected chi connectivity index (χ2v) is 31.7. The van der Waals surface area contributed by atoms with Gasteiger partial charge >= 0.3 is 0 Å². The van der Waals surface area contributed by atoms with Crippen LogP contribution in [0.4, 0.5) is 46.1 Å². The third-order valence-corrected chi connectivity index (χ3v) is 23.4. The number of thiazole rings is 1.